The topological polar surface area (TPSA) is 94.6 Å². The number of carbonyl (C=O) groups is 1. The molecule has 1 aromatic heterocycles. The summed E-state index contributed by atoms with van der Waals surface area (Å²) in [6.45, 7) is 2.24. The van der Waals surface area contributed by atoms with Gasteiger partial charge in [0, 0.05) is 31.8 Å². The maximum Gasteiger partial charge on any atom is 0.433 e. The summed E-state index contributed by atoms with van der Waals surface area (Å²) in [6.07, 6.45) is -1.98. The number of aromatic nitrogens is 1. The molecule has 0 aliphatic heterocycles. The molecule has 190 valence electrons. The Hall–Kier alpha value is -3.70. The van der Waals surface area contributed by atoms with E-state index in [1.807, 2.05) is 30.3 Å². The predicted octanol–water partition coefficient (Wildman–Crippen LogP) is 4.92. The minimum absolute atomic E-state index is 0.00864. The summed E-state index contributed by atoms with van der Waals surface area (Å²) in [5, 5.41) is 5.63. The van der Waals surface area contributed by atoms with Crippen LogP contribution in [0.15, 0.2) is 66.7 Å². The second-order valence-corrected chi connectivity index (χ2v) is 8.88. The first-order valence-corrected chi connectivity index (χ1v) is 11.9. The van der Waals surface area contributed by atoms with Gasteiger partial charge in [0.1, 0.15) is 11.5 Å². The maximum absolute atomic E-state index is 13.2. The van der Waals surface area contributed by atoms with Gasteiger partial charge in [-0.2, -0.15) is 13.2 Å². The SMILES string of the molecule is Cc1cc(CNC(=O)C=Cc2ccc(C(F)(F)F)nc2NCc2ccccc2)ccc1N(C)S(=O)O. The number of benzene rings is 2. The Kier molecular flexibility index (Phi) is 8.83. The Balaban J connectivity index is 1.69. The van der Waals surface area contributed by atoms with E-state index in [4.69, 9.17) is 0 Å². The van der Waals surface area contributed by atoms with Crippen molar-refractivity contribution in [3.63, 3.8) is 0 Å². The van der Waals surface area contributed by atoms with Gasteiger partial charge in [0.05, 0.1) is 5.69 Å². The van der Waals surface area contributed by atoms with E-state index in [2.05, 4.69) is 15.6 Å². The second kappa shape index (κ2) is 11.8. The lowest BCUT2D eigenvalue weighted by atomic mass is 10.1. The highest BCUT2D eigenvalue weighted by atomic mass is 32.2. The zero-order valence-electron chi connectivity index (χ0n) is 19.5. The number of halogens is 3. The number of pyridine rings is 1. The molecule has 0 saturated carbocycles. The summed E-state index contributed by atoms with van der Waals surface area (Å²) < 4.78 is 61.2. The highest BCUT2D eigenvalue weighted by Crippen LogP contribution is 2.30. The zero-order chi connectivity index (χ0) is 26.3. The number of nitrogens with zero attached hydrogens (tertiary/aromatic N) is 2. The van der Waals surface area contributed by atoms with Crippen LogP contribution < -0.4 is 14.9 Å². The van der Waals surface area contributed by atoms with Gasteiger partial charge in [0.25, 0.3) is 11.3 Å². The molecule has 0 aliphatic rings. The van der Waals surface area contributed by atoms with Crippen LogP contribution in [0.3, 0.4) is 0 Å². The lowest BCUT2D eigenvalue weighted by molar-refractivity contribution is -0.141. The van der Waals surface area contributed by atoms with E-state index in [1.54, 1.807) is 25.1 Å². The summed E-state index contributed by atoms with van der Waals surface area (Å²) in [7, 11) is 1.49. The van der Waals surface area contributed by atoms with Crippen molar-refractivity contribution in [3.8, 4) is 0 Å². The van der Waals surface area contributed by atoms with E-state index in [-0.39, 0.29) is 18.9 Å². The second-order valence-electron chi connectivity index (χ2n) is 7.87. The predicted molar refractivity (Wildman–Crippen MR) is 134 cm³/mol. The van der Waals surface area contributed by atoms with Crippen molar-refractivity contribution in [1.82, 2.24) is 10.3 Å². The van der Waals surface area contributed by atoms with E-state index in [0.717, 1.165) is 22.8 Å². The summed E-state index contributed by atoms with van der Waals surface area (Å²) in [5.41, 5.74) is 2.27. The van der Waals surface area contributed by atoms with Crippen LogP contribution in [0, 0.1) is 6.92 Å². The average Bonchev–Trinajstić information content (AvgIpc) is 2.84. The van der Waals surface area contributed by atoms with E-state index in [1.165, 1.54) is 29.6 Å². The maximum atomic E-state index is 13.2. The Labute approximate surface area is 209 Å². The number of rotatable bonds is 9. The van der Waals surface area contributed by atoms with Crippen LogP contribution in [0.4, 0.5) is 24.7 Å². The molecule has 1 amide bonds. The van der Waals surface area contributed by atoms with Gasteiger partial charge in [-0.15, -0.1) is 0 Å². The van der Waals surface area contributed by atoms with Gasteiger partial charge < -0.3 is 10.6 Å². The molecule has 0 fully saturated rings. The fourth-order valence-electron chi connectivity index (χ4n) is 3.36. The smallest absolute Gasteiger partial charge is 0.365 e. The monoisotopic (exact) mass is 518 g/mol. The van der Waals surface area contributed by atoms with Crippen molar-refractivity contribution in [3.05, 3.63) is 94.7 Å². The number of anilines is 2. The van der Waals surface area contributed by atoms with Gasteiger partial charge >= 0.3 is 6.18 Å². The minimum atomic E-state index is -4.60. The molecule has 7 nitrogen and oxygen atoms in total. The highest BCUT2D eigenvalue weighted by Gasteiger charge is 2.33. The quantitative estimate of drug-likeness (QED) is 0.276. The van der Waals surface area contributed by atoms with Crippen LogP contribution >= 0.6 is 0 Å². The van der Waals surface area contributed by atoms with Crippen LogP contribution in [-0.4, -0.2) is 26.7 Å². The molecule has 1 heterocycles. The molecule has 11 heteroatoms. The molecule has 0 bridgehead atoms. The molecule has 2 aromatic carbocycles. The third-order valence-electron chi connectivity index (χ3n) is 5.24. The fourth-order valence-corrected chi connectivity index (χ4v) is 3.74. The van der Waals surface area contributed by atoms with Crippen molar-refractivity contribution >= 4 is 34.8 Å². The Morgan fingerprint density at radius 1 is 1.08 bits per heavy atom. The summed E-state index contributed by atoms with van der Waals surface area (Å²) in [5.74, 6) is -0.437. The van der Waals surface area contributed by atoms with Gasteiger partial charge in [-0.05, 0) is 47.9 Å². The lowest BCUT2D eigenvalue weighted by Crippen LogP contribution is -2.22. The molecular weight excluding hydrogens is 493 g/mol. The van der Waals surface area contributed by atoms with Crippen LogP contribution in [0.5, 0.6) is 0 Å². The van der Waals surface area contributed by atoms with E-state index < -0.39 is 29.0 Å². The number of amides is 1. The highest BCUT2D eigenvalue weighted by molar-refractivity contribution is 7.80. The number of aryl methyl sites for hydroxylation is 1. The summed E-state index contributed by atoms with van der Waals surface area (Å²) in [6, 6.07) is 16.5. The van der Waals surface area contributed by atoms with Gasteiger partial charge in [0.15, 0.2) is 0 Å². The van der Waals surface area contributed by atoms with E-state index in [9.17, 15) is 26.7 Å². The van der Waals surface area contributed by atoms with Crippen LogP contribution in [0.25, 0.3) is 6.08 Å². The molecule has 0 spiro atoms. The van der Waals surface area contributed by atoms with Gasteiger partial charge in [-0.1, -0.05) is 42.5 Å². The van der Waals surface area contributed by atoms with E-state index >= 15 is 0 Å². The molecular formula is C25H25F3N4O3S. The molecule has 0 saturated heterocycles. The molecule has 3 N–H and O–H groups in total. The average molecular weight is 519 g/mol. The Bertz CT molecular complexity index is 1270. The number of carbonyl (C=O) groups excluding carboxylic acids is 1. The number of alkyl halides is 3. The molecule has 3 rings (SSSR count). The zero-order valence-corrected chi connectivity index (χ0v) is 20.4. The molecule has 1 unspecified atom stereocenters. The first-order valence-electron chi connectivity index (χ1n) is 10.8. The number of nitrogens with one attached hydrogen (secondary N) is 2. The summed E-state index contributed by atoms with van der Waals surface area (Å²) in [4.78, 5) is 16.1. The van der Waals surface area contributed by atoms with Crippen molar-refractivity contribution < 1.29 is 26.7 Å². The van der Waals surface area contributed by atoms with Crippen molar-refractivity contribution in [2.75, 3.05) is 16.7 Å². The summed E-state index contributed by atoms with van der Waals surface area (Å²) >= 11 is -2.15. The third-order valence-corrected chi connectivity index (χ3v) is 5.90. The molecule has 36 heavy (non-hydrogen) atoms. The van der Waals surface area contributed by atoms with Crippen LogP contribution in [0.2, 0.25) is 0 Å². The Morgan fingerprint density at radius 2 is 1.81 bits per heavy atom. The van der Waals surface area contributed by atoms with Crippen molar-refractivity contribution in [1.29, 1.82) is 0 Å². The first-order chi connectivity index (χ1) is 17.0. The number of hydrogen-bond donors (Lipinski definition) is 3. The van der Waals surface area contributed by atoms with Gasteiger partial charge in [-0.3, -0.25) is 13.7 Å². The molecule has 3 aromatic rings. The van der Waals surface area contributed by atoms with Crippen molar-refractivity contribution in [2.45, 2.75) is 26.2 Å². The van der Waals surface area contributed by atoms with Crippen LogP contribution in [-0.2, 0) is 35.3 Å². The van der Waals surface area contributed by atoms with Crippen molar-refractivity contribution in [2.24, 2.45) is 0 Å². The molecule has 0 aliphatic carbocycles. The Morgan fingerprint density at radius 3 is 2.44 bits per heavy atom. The minimum Gasteiger partial charge on any atom is -0.365 e. The largest absolute Gasteiger partial charge is 0.433 e. The standard InChI is InChI=1S/C25H25F3N4O3S/c1-17-14-19(8-11-21(17)32(2)36(34)35)16-29-23(33)13-10-20-9-12-22(25(26,27)28)31-24(20)30-15-18-6-4-3-5-7-18/h3-14H,15-16H2,1-2H3,(H,29,33)(H,30,31)(H,34,35). The van der Waals surface area contributed by atoms with Gasteiger partial charge in [-0.25, -0.2) is 9.19 Å². The number of hydrogen-bond acceptors (Lipinski definition) is 4. The first kappa shape index (κ1) is 26.9. The molecule has 1 atom stereocenters. The fraction of sp³-hybridized carbons (Fsp3) is 0.200. The van der Waals surface area contributed by atoms with E-state index in [0.29, 0.717) is 11.3 Å². The van der Waals surface area contributed by atoms with Crippen LogP contribution in [0.1, 0.15) is 27.9 Å². The molecule has 0 radical (unpaired) electrons. The third kappa shape index (κ3) is 7.40. The normalized spacial score (nSPS) is 12.4. The lowest BCUT2D eigenvalue weighted by Gasteiger charge is -2.17. The van der Waals surface area contributed by atoms with Gasteiger partial charge in [0.2, 0.25) is 5.91 Å².